The van der Waals surface area contributed by atoms with E-state index in [-0.39, 0.29) is 6.04 Å². The van der Waals surface area contributed by atoms with Gasteiger partial charge in [0.2, 0.25) is 0 Å². The van der Waals surface area contributed by atoms with E-state index >= 15 is 0 Å². The largest absolute Gasteiger partial charge is 0.493 e. The van der Waals surface area contributed by atoms with Gasteiger partial charge in [-0.25, -0.2) is 9.97 Å². The topological polar surface area (TPSA) is 88.1 Å². The molecular weight excluding hydrogens is 318 g/mol. The Balaban J connectivity index is 1.88. The third-order valence-corrected chi connectivity index (χ3v) is 3.88. The van der Waals surface area contributed by atoms with Crippen LogP contribution in [0.3, 0.4) is 0 Å². The number of pyridine rings is 1. The number of hydrogen-bond acceptors (Lipinski definition) is 6. The summed E-state index contributed by atoms with van der Waals surface area (Å²) in [6, 6.07) is 11.1. The fraction of sp³-hybridized carbons (Fsp3) is 0.278. The highest BCUT2D eigenvalue weighted by molar-refractivity contribution is 5.44. The van der Waals surface area contributed by atoms with Crippen molar-refractivity contribution in [1.82, 2.24) is 19.7 Å². The van der Waals surface area contributed by atoms with Crippen LogP contribution in [0.1, 0.15) is 23.3 Å². The minimum atomic E-state index is -0.258. The predicted molar refractivity (Wildman–Crippen MR) is 94.1 cm³/mol. The molecule has 1 atom stereocenters. The minimum Gasteiger partial charge on any atom is -0.493 e. The van der Waals surface area contributed by atoms with Gasteiger partial charge in [0.05, 0.1) is 14.2 Å². The van der Waals surface area contributed by atoms with Crippen molar-refractivity contribution >= 4 is 0 Å². The third-order valence-electron chi connectivity index (χ3n) is 3.88. The van der Waals surface area contributed by atoms with Crippen LogP contribution in [0.4, 0.5) is 0 Å². The molecule has 0 aliphatic carbocycles. The lowest BCUT2D eigenvalue weighted by molar-refractivity contribution is 0.354. The fourth-order valence-corrected chi connectivity index (χ4v) is 2.65. The van der Waals surface area contributed by atoms with Gasteiger partial charge < -0.3 is 15.2 Å². The highest BCUT2D eigenvalue weighted by Crippen LogP contribution is 2.30. The average Bonchev–Trinajstić information content (AvgIpc) is 3.01. The van der Waals surface area contributed by atoms with Crippen LogP contribution in [0.15, 0.2) is 42.6 Å². The highest BCUT2D eigenvalue weighted by Gasteiger charge is 2.17. The van der Waals surface area contributed by atoms with E-state index in [9.17, 15) is 0 Å². The van der Waals surface area contributed by atoms with Crippen LogP contribution in [0.2, 0.25) is 0 Å². The Morgan fingerprint density at radius 2 is 1.92 bits per heavy atom. The maximum atomic E-state index is 6.40. The lowest BCUT2D eigenvalue weighted by Gasteiger charge is -2.15. The third kappa shape index (κ3) is 3.61. The summed E-state index contributed by atoms with van der Waals surface area (Å²) in [6.07, 6.45) is 2.25. The second-order valence-electron chi connectivity index (χ2n) is 5.60. The molecular formula is C18H21N5O2. The Kier molecular flexibility index (Phi) is 4.95. The van der Waals surface area contributed by atoms with E-state index in [4.69, 9.17) is 15.2 Å². The summed E-state index contributed by atoms with van der Waals surface area (Å²) in [4.78, 5) is 8.84. The molecule has 0 saturated heterocycles. The lowest BCUT2D eigenvalue weighted by Crippen LogP contribution is -2.17. The van der Waals surface area contributed by atoms with Gasteiger partial charge in [0.1, 0.15) is 11.6 Å². The summed E-state index contributed by atoms with van der Waals surface area (Å²) in [6.45, 7) is 1.85. The molecule has 130 valence electrons. The smallest absolute Gasteiger partial charge is 0.161 e. The first-order valence-corrected chi connectivity index (χ1v) is 7.94. The first-order valence-electron chi connectivity index (χ1n) is 7.94. The standard InChI is InChI=1S/C18H21N5O2/c1-12-21-18(23(22-12)17-6-4-5-9-20-17)11-14(19)13-7-8-15(24-2)16(10-13)25-3/h4-10,14H,11,19H2,1-3H3/t14-/m0/s1. The Hall–Kier alpha value is -2.93. The summed E-state index contributed by atoms with van der Waals surface area (Å²) in [5.74, 6) is 3.49. The zero-order valence-corrected chi connectivity index (χ0v) is 14.5. The number of aromatic nitrogens is 4. The molecule has 0 radical (unpaired) electrons. The van der Waals surface area contributed by atoms with Crippen LogP contribution < -0.4 is 15.2 Å². The number of nitrogens with zero attached hydrogens (tertiary/aromatic N) is 4. The zero-order chi connectivity index (χ0) is 17.8. The van der Waals surface area contributed by atoms with Gasteiger partial charge in [-0.15, -0.1) is 5.10 Å². The maximum Gasteiger partial charge on any atom is 0.161 e. The number of methoxy groups -OCH3 is 2. The van der Waals surface area contributed by atoms with Crippen LogP contribution in [-0.4, -0.2) is 34.0 Å². The molecule has 0 spiro atoms. The van der Waals surface area contributed by atoms with Gasteiger partial charge in [0.25, 0.3) is 0 Å². The quantitative estimate of drug-likeness (QED) is 0.741. The highest BCUT2D eigenvalue weighted by atomic mass is 16.5. The summed E-state index contributed by atoms with van der Waals surface area (Å²) in [5, 5.41) is 4.43. The van der Waals surface area contributed by atoms with E-state index in [1.165, 1.54) is 0 Å². The van der Waals surface area contributed by atoms with E-state index in [0.717, 1.165) is 17.2 Å². The minimum absolute atomic E-state index is 0.258. The van der Waals surface area contributed by atoms with Crippen molar-refractivity contribution in [2.75, 3.05) is 14.2 Å². The van der Waals surface area contributed by atoms with Gasteiger partial charge in [0, 0.05) is 18.7 Å². The van der Waals surface area contributed by atoms with Crippen molar-refractivity contribution in [3.63, 3.8) is 0 Å². The number of hydrogen-bond donors (Lipinski definition) is 1. The molecule has 3 aromatic rings. The van der Waals surface area contributed by atoms with Crippen molar-refractivity contribution in [3.8, 4) is 17.3 Å². The van der Waals surface area contributed by atoms with Crippen LogP contribution in [-0.2, 0) is 6.42 Å². The zero-order valence-electron chi connectivity index (χ0n) is 14.5. The lowest BCUT2D eigenvalue weighted by atomic mass is 10.0. The summed E-state index contributed by atoms with van der Waals surface area (Å²) in [5.41, 5.74) is 7.34. The Labute approximate surface area is 146 Å². The van der Waals surface area contributed by atoms with Crippen LogP contribution in [0.5, 0.6) is 11.5 Å². The Bertz CT molecular complexity index is 848. The van der Waals surface area contributed by atoms with Crippen molar-refractivity contribution in [2.24, 2.45) is 5.73 Å². The first kappa shape index (κ1) is 16.9. The van der Waals surface area contributed by atoms with Crippen molar-refractivity contribution in [2.45, 2.75) is 19.4 Å². The van der Waals surface area contributed by atoms with E-state index < -0.39 is 0 Å². The second-order valence-corrected chi connectivity index (χ2v) is 5.60. The Morgan fingerprint density at radius 1 is 1.12 bits per heavy atom. The number of ether oxygens (including phenoxy) is 2. The molecule has 25 heavy (non-hydrogen) atoms. The van der Waals surface area contributed by atoms with Crippen LogP contribution in [0.25, 0.3) is 5.82 Å². The van der Waals surface area contributed by atoms with Crippen molar-refractivity contribution in [3.05, 3.63) is 59.8 Å². The molecule has 0 saturated carbocycles. The number of aryl methyl sites for hydroxylation is 1. The molecule has 1 aromatic carbocycles. The molecule has 0 fully saturated rings. The normalized spacial score (nSPS) is 12.0. The van der Waals surface area contributed by atoms with Crippen molar-refractivity contribution in [1.29, 1.82) is 0 Å². The number of nitrogens with two attached hydrogens (primary N) is 1. The van der Waals surface area contributed by atoms with E-state index in [1.54, 1.807) is 25.1 Å². The van der Waals surface area contributed by atoms with E-state index in [0.29, 0.717) is 23.7 Å². The van der Waals surface area contributed by atoms with Crippen LogP contribution >= 0.6 is 0 Å². The fourth-order valence-electron chi connectivity index (χ4n) is 2.65. The number of rotatable bonds is 6. The molecule has 0 bridgehead atoms. The molecule has 3 rings (SSSR count). The first-order chi connectivity index (χ1) is 12.1. The molecule has 2 N–H and O–H groups in total. The monoisotopic (exact) mass is 339 g/mol. The summed E-state index contributed by atoms with van der Waals surface area (Å²) >= 11 is 0. The van der Waals surface area contributed by atoms with Gasteiger partial charge in [-0.05, 0) is 36.8 Å². The van der Waals surface area contributed by atoms with Crippen molar-refractivity contribution < 1.29 is 9.47 Å². The van der Waals surface area contributed by atoms with Gasteiger partial charge in [-0.1, -0.05) is 12.1 Å². The molecule has 7 heteroatoms. The average molecular weight is 339 g/mol. The van der Waals surface area contributed by atoms with Gasteiger partial charge >= 0.3 is 0 Å². The number of benzene rings is 1. The van der Waals surface area contributed by atoms with Gasteiger partial charge in [-0.2, -0.15) is 4.68 Å². The molecule has 2 aromatic heterocycles. The maximum absolute atomic E-state index is 6.40. The van der Waals surface area contributed by atoms with Crippen LogP contribution in [0, 0.1) is 6.92 Å². The molecule has 0 aliphatic heterocycles. The molecule has 0 aliphatic rings. The van der Waals surface area contributed by atoms with E-state index in [2.05, 4.69) is 15.1 Å². The Morgan fingerprint density at radius 3 is 2.60 bits per heavy atom. The van der Waals surface area contributed by atoms with Gasteiger partial charge in [-0.3, -0.25) is 0 Å². The summed E-state index contributed by atoms with van der Waals surface area (Å²) in [7, 11) is 3.21. The summed E-state index contributed by atoms with van der Waals surface area (Å²) < 4.78 is 12.4. The van der Waals surface area contributed by atoms with Gasteiger partial charge in [0.15, 0.2) is 17.3 Å². The molecule has 7 nitrogen and oxygen atoms in total. The molecule has 2 heterocycles. The predicted octanol–water partition coefficient (Wildman–Crippen LogP) is 2.23. The SMILES string of the molecule is COc1ccc([C@@H](N)Cc2nc(C)nn2-c2ccccn2)cc1OC. The van der Waals surface area contributed by atoms with E-state index in [1.807, 2.05) is 43.3 Å². The molecule has 0 unspecified atom stereocenters. The second kappa shape index (κ2) is 7.31. The molecule has 0 amide bonds.